The van der Waals surface area contributed by atoms with Crippen molar-refractivity contribution in [2.24, 2.45) is 0 Å². The van der Waals surface area contributed by atoms with E-state index in [1.54, 1.807) is 4.90 Å². The third-order valence-corrected chi connectivity index (χ3v) is 3.75. The molecule has 0 radical (unpaired) electrons. The van der Waals surface area contributed by atoms with Crippen LogP contribution in [0, 0.1) is 11.3 Å². The Morgan fingerprint density at radius 1 is 1.45 bits per heavy atom. The van der Waals surface area contributed by atoms with E-state index in [-0.39, 0.29) is 0 Å². The van der Waals surface area contributed by atoms with E-state index in [1.165, 1.54) is 0 Å². The molecule has 1 aliphatic heterocycles. The average molecular weight is 274 g/mol. The van der Waals surface area contributed by atoms with Crippen molar-refractivity contribution in [3.05, 3.63) is 16.8 Å². The topological polar surface area (TPSA) is 90.1 Å². The zero-order chi connectivity index (χ0) is 14.7. The lowest BCUT2D eigenvalue weighted by atomic mass is 10.0. The normalized spacial score (nSPS) is 18.1. The molecule has 0 spiro atoms. The maximum Gasteiger partial charge on any atom is 0.326 e. The van der Waals surface area contributed by atoms with Gasteiger partial charge in [-0.05, 0) is 31.2 Å². The maximum absolute atomic E-state index is 11.3. The molecule has 106 valence electrons. The fraction of sp³-hybridized carbons (Fsp3) is 0.571. The summed E-state index contributed by atoms with van der Waals surface area (Å²) in [5.74, 6) is -0.447. The number of nitriles is 1. The number of hydrogen-bond acceptors (Lipinski definition) is 5. The standard InChI is InChI=1S/C14H18N4O2/c1-3-9-10(8-15)13(17-16-11(9)4-2)18-7-5-6-12(18)14(19)20/h12H,3-7H2,1-2H3,(H,19,20). The van der Waals surface area contributed by atoms with Gasteiger partial charge in [0.15, 0.2) is 5.82 Å². The summed E-state index contributed by atoms with van der Waals surface area (Å²) in [6.45, 7) is 4.55. The average Bonchev–Trinajstić information content (AvgIpc) is 2.94. The molecule has 2 rings (SSSR count). The van der Waals surface area contributed by atoms with Gasteiger partial charge in [0.1, 0.15) is 17.7 Å². The summed E-state index contributed by atoms with van der Waals surface area (Å²) in [5, 5.41) is 27.0. The van der Waals surface area contributed by atoms with Gasteiger partial charge in [-0.15, -0.1) is 5.10 Å². The molecule has 0 aromatic carbocycles. The Kier molecular flexibility index (Phi) is 4.18. The van der Waals surface area contributed by atoms with Crippen LogP contribution in [-0.4, -0.2) is 33.9 Å². The molecule has 20 heavy (non-hydrogen) atoms. The molecule has 6 nitrogen and oxygen atoms in total. The van der Waals surface area contributed by atoms with Gasteiger partial charge < -0.3 is 10.0 Å². The van der Waals surface area contributed by atoms with Crippen LogP contribution in [-0.2, 0) is 17.6 Å². The monoisotopic (exact) mass is 274 g/mol. The maximum atomic E-state index is 11.3. The number of aromatic nitrogens is 2. The highest BCUT2D eigenvalue weighted by atomic mass is 16.4. The van der Waals surface area contributed by atoms with Crippen LogP contribution in [0.2, 0.25) is 0 Å². The van der Waals surface area contributed by atoms with E-state index in [2.05, 4.69) is 16.3 Å². The van der Waals surface area contributed by atoms with Gasteiger partial charge in [-0.2, -0.15) is 10.4 Å². The Hall–Kier alpha value is -2.16. The van der Waals surface area contributed by atoms with E-state index in [9.17, 15) is 15.2 Å². The van der Waals surface area contributed by atoms with Crippen molar-refractivity contribution in [2.75, 3.05) is 11.4 Å². The largest absolute Gasteiger partial charge is 0.480 e. The van der Waals surface area contributed by atoms with Crippen molar-refractivity contribution in [3.8, 4) is 6.07 Å². The lowest BCUT2D eigenvalue weighted by Crippen LogP contribution is -2.37. The predicted molar refractivity (Wildman–Crippen MR) is 73.5 cm³/mol. The van der Waals surface area contributed by atoms with E-state index in [4.69, 9.17) is 0 Å². The Balaban J connectivity index is 2.52. The molecule has 0 aliphatic carbocycles. The van der Waals surface area contributed by atoms with Crippen LogP contribution in [0.15, 0.2) is 0 Å². The molecular weight excluding hydrogens is 256 g/mol. The van der Waals surface area contributed by atoms with E-state index in [0.29, 0.717) is 37.2 Å². The van der Waals surface area contributed by atoms with Crippen LogP contribution in [0.1, 0.15) is 43.5 Å². The van der Waals surface area contributed by atoms with Gasteiger partial charge in [0.05, 0.1) is 5.69 Å². The first-order chi connectivity index (χ1) is 9.63. The van der Waals surface area contributed by atoms with Gasteiger partial charge in [-0.3, -0.25) is 0 Å². The summed E-state index contributed by atoms with van der Waals surface area (Å²) in [5.41, 5.74) is 2.18. The first-order valence-corrected chi connectivity index (χ1v) is 6.91. The number of carbonyl (C=O) groups is 1. The molecule has 2 heterocycles. The van der Waals surface area contributed by atoms with Gasteiger partial charge in [0.2, 0.25) is 0 Å². The SMILES string of the molecule is CCc1nnc(N2CCCC2C(=O)O)c(C#N)c1CC. The van der Waals surface area contributed by atoms with Crippen molar-refractivity contribution in [2.45, 2.75) is 45.6 Å². The molecule has 1 saturated heterocycles. The first kappa shape index (κ1) is 14.3. The summed E-state index contributed by atoms with van der Waals surface area (Å²) in [6, 6.07) is 1.59. The third kappa shape index (κ3) is 2.31. The molecule has 1 unspecified atom stereocenters. The summed E-state index contributed by atoms with van der Waals surface area (Å²) >= 11 is 0. The van der Waals surface area contributed by atoms with Gasteiger partial charge >= 0.3 is 5.97 Å². The quantitative estimate of drug-likeness (QED) is 0.895. The molecule has 1 aliphatic rings. The summed E-state index contributed by atoms with van der Waals surface area (Å²) in [4.78, 5) is 13.0. The fourth-order valence-electron chi connectivity index (χ4n) is 2.76. The number of aliphatic carboxylic acids is 1. The summed E-state index contributed by atoms with van der Waals surface area (Å²) in [7, 11) is 0. The molecule has 0 amide bonds. The molecule has 1 aromatic heterocycles. The van der Waals surface area contributed by atoms with E-state index < -0.39 is 12.0 Å². The highest BCUT2D eigenvalue weighted by Crippen LogP contribution is 2.29. The van der Waals surface area contributed by atoms with Crippen LogP contribution < -0.4 is 4.90 Å². The third-order valence-electron chi connectivity index (χ3n) is 3.75. The van der Waals surface area contributed by atoms with Crippen molar-refractivity contribution in [1.29, 1.82) is 5.26 Å². The number of hydrogen-bond donors (Lipinski definition) is 1. The van der Waals surface area contributed by atoms with Crippen molar-refractivity contribution >= 4 is 11.8 Å². The number of aryl methyl sites for hydroxylation is 1. The molecule has 6 heteroatoms. The first-order valence-electron chi connectivity index (χ1n) is 6.91. The Morgan fingerprint density at radius 3 is 2.75 bits per heavy atom. The van der Waals surface area contributed by atoms with Crippen LogP contribution in [0.3, 0.4) is 0 Å². The van der Waals surface area contributed by atoms with Crippen LogP contribution >= 0.6 is 0 Å². The second-order valence-electron chi connectivity index (χ2n) is 4.83. The molecule has 1 aromatic rings. The number of anilines is 1. The van der Waals surface area contributed by atoms with E-state index in [0.717, 1.165) is 17.7 Å². The second kappa shape index (κ2) is 5.87. The van der Waals surface area contributed by atoms with E-state index >= 15 is 0 Å². The van der Waals surface area contributed by atoms with Crippen molar-refractivity contribution in [3.63, 3.8) is 0 Å². The molecule has 0 bridgehead atoms. The Labute approximate surface area is 118 Å². The highest BCUT2D eigenvalue weighted by Gasteiger charge is 2.34. The lowest BCUT2D eigenvalue weighted by molar-refractivity contribution is -0.138. The van der Waals surface area contributed by atoms with Crippen molar-refractivity contribution in [1.82, 2.24) is 10.2 Å². The smallest absolute Gasteiger partial charge is 0.326 e. The predicted octanol–water partition coefficient (Wildman–Crippen LogP) is 1.53. The summed E-state index contributed by atoms with van der Waals surface area (Å²) < 4.78 is 0. The molecule has 1 fully saturated rings. The summed E-state index contributed by atoms with van der Waals surface area (Å²) in [6.07, 6.45) is 2.78. The fourth-order valence-corrected chi connectivity index (χ4v) is 2.76. The van der Waals surface area contributed by atoms with Crippen LogP contribution in [0.4, 0.5) is 5.82 Å². The van der Waals surface area contributed by atoms with Crippen LogP contribution in [0.25, 0.3) is 0 Å². The molecule has 1 atom stereocenters. The Bertz CT molecular complexity index is 565. The van der Waals surface area contributed by atoms with Gasteiger partial charge in [-0.25, -0.2) is 4.79 Å². The number of carboxylic acids is 1. The lowest BCUT2D eigenvalue weighted by Gasteiger charge is -2.24. The molecule has 0 saturated carbocycles. The van der Waals surface area contributed by atoms with E-state index in [1.807, 2.05) is 13.8 Å². The van der Waals surface area contributed by atoms with Gasteiger partial charge in [-0.1, -0.05) is 13.8 Å². The number of carboxylic acid groups (broad SMARTS) is 1. The minimum atomic E-state index is -0.870. The van der Waals surface area contributed by atoms with Crippen molar-refractivity contribution < 1.29 is 9.90 Å². The molecular formula is C14H18N4O2. The molecule has 1 N–H and O–H groups in total. The minimum absolute atomic E-state index is 0.423. The zero-order valence-corrected chi connectivity index (χ0v) is 11.8. The Morgan fingerprint density at radius 2 is 2.20 bits per heavy atom. The number of nitrogens with zero attached hydrogens (tertiary/aromatic N) is 4. The van der Waals surface area contributed by atoms with Gasteiger partial charge in [0, 0.05) is 6.54 Å². The highest BCUT2D eigenvalue weighted by molar-refractivity contribution is 5.79. The minimum Gasteiger partial charge on any atom is -0.480 e. The van der Waals surface area contributed by atoms with Crippen LogP contribution in [0.5, 0.6) is 0 Å². The second-order valence-corrected chi connectivity index (χ2v) is 4.83. The number of rotatable bonds is 4. The zero-order valence-electron chi connectivity index (χ0n) is 11.8. The van der Waals surface area contributed by atoms with Gasteiger partial charge in [0.25, 0.3) is 0 Å².